The van der Waals surface area contributed by atoms with Gasteiger partial charge in [0.2, 0.25) is 6.10 Å². The number of fused-ring (bicyclic) bond motifs is 1. The van der Waals surface area contributed by atoms with E-state index < -0.39 is 6.10 Å². The fourth-order valence-electron chi connectivity index (χ4n) is 2.62. The third-order valence-corrected chi connectivity index (χ3v) is 4.60. The Balaban J connectivity index is 1.39. The SMILES string of the molecule is O=C(NCc1cncc(-c2ccsc2)c1)[C@H]1COc2ccccc2O1. The minimum absolute atomic E-state index is 0.199. The zero-order valence-electron chi connectivity index (χ0n) is 13.3. The maximum absolute atomic E-state index is 12.4. The van der Waals surface area contributed by atoms with Crippen molar-refractivity contribution >= 4 is 17.2 Å². The average molecular weight is 352 g/mol. The lowest BCUT2D eigenvalue weighted by atomic mass is 10.1. The quantitative estimate of drug-likeness (QED) is 0.783. The van der Waals surface area contributed by atoms with Crippen LogP contribution < -0.4 is 14.8 Å². The van der Waals surface area contributed by atoms with E-state index in [1.165, 1.54) is 0 Å². The maximum atomic E-state index is 12.4. The molecule has 4 rings (SSSR count). The van der Waals surface area contributed by atoms with Gasteiger partial charge in [-0.15, -0.1) is 0 Å². The minimum Gasteiger partial charge on any atom is -0.485 e. The molecule has 0 aliphatic carbocycles. The largest absolute Gasteiger partial charge is 0.485 e. The summed E-state index contributed by atoms with van der Waals surface area (Å²) in [7, 11) is 0. The highest BCUT2D eigenvalue weighted by atomic mass is 32.1. The average Bonchev–Trinajstić information content (AvgIpc) is 3.21. The predicted octanol–water partition coefficient (Wildman–Crippen LogP) is 3.27. The van der Waals surface area contributed by atoms with Gasteiger partial charge in [0.25, 0.3) is 5.91 Å². The van der Waals surface area contributed by atoms with Gasteiger partial charge in [-0.25, -0.2) is 0 Å². The summed E-state index contributed by atoms with van der Waals surface area (Å²) >= 11 is 1.64. The number of aromatic nitrogens is 1. The summed E-state index contributed by atoms with van der Waals surface area (Å²) in [6.07, 6.45) is 2.93. The van der Waals surface area contributed by atoms with Crippen LogP contribution in [0, 0.1) is 0 Å². The van der Waals surface area contributed by atoms with Crippen LogP contribution in [0.15, 0.2) is 59.6 Å². The Labute approximate surface area is 149 Å². The molecule has 0 unspecified atom stereocenters. The third kappa shape index (κ3) is 3.49. The molecule has 1 aromatic carbocycles. The number of rotatable bonds is 4. The van der Waals surface area contributed by atoms with Crippen molar-refractivity contribution in [2.75, 3.05) is 6.61 Å². The van der Waals surface area contributed by atoms with E-state index in [-0.39, 0.29) is 12.5 Å². The van der Waals surface area contributed by atoms with Gasteiger partial charge in [-0.05, 0) is 46.2 Å². The van der Waals surface area contributed by atoms with E-state index in [2.05, 4.69) is 21.7 Å². The number of hydrogen-bond donors (Lipinski definition) is 1. The molecule has 0 fully saturated rings. The predicted molar refractivity (Wildman–Crippen MR) is 95.7 cm³/mol. The molecule has 1 amide bonds. The van der Waals surface area contributed by atoms with Gasteiger partial charge < -0.3 is 14.8 Å². The number of pyridine rings is 1. The molecule has 1 atom stereocenters. The number of carbonyl (C=O) groups excluding carboxylic acids is 1. The van der Waals surface area contributed by atoms with Crippen molar-refractivity contribution in [2.24, 2.45) is 0 Å². The van der Waals surface area contributed by atoms with Crippen LogP contribution in [0.25, 0.3) is 11.1 Å². The molecule has 0 bridgehead atoms. The lowest BCUT2D eigenvalue weighted by Gasteiger charge is -2.25. The highest BCUT2D eigenvalue weighted by Gasteiger charge is 2.26. The van der Waals surface area contributed by atoms with E-state index in [1.807, 2.05) is 35.8 Å². The number of carbonyl (C=O) groups is 1. The van der Waals surface area contributed by atoms with Crippen molar-refractivity contribution in [2.45, 2.75) is 12.6 Å². The molecule has 25 heavy (non-hydrogen) atoms. The Morgan fingerprint density at radius 2 is 2.08 bits per heavy atom. The maximum Gasteiger partial charge on any atom is 0.264 e. The van der Waals surface area contributed by atoms with Crippen molar-refractivity contribution in [3.8, 4) is 22.6 Å². The molecule has 2 aromatic heterocycles. The Morgan fingerprint density at radius 1 is 1.20 bits per heavy atom. The number of benzene rings is 1. The number of nitrogens with zero attached hydrogens (tertiary/aromatic N) is 1. The zero-order chi connectivity index (χ0) is 17.1. The molecule has 0 spiro atoms. The van der Waals surface area contributed by atoms with Crippen LogP contribution >= 0.6 is 11.3 Å². The van der Waals surface area contributed by atoms with Crippen molar-refractivity contribution in [1.82, 2.24) is 10.3 Å². The second kappa shape index (κ2) is 6.94. The number of amides is 1. The van der Waals surface area contributed by atoms with Gasteiger partial charge in [-0.2, -0.15) is 11.3 Å². The van der Waals surface area contributed by atoms with Gasteiger partial charge in [0.05, 0.1) is 0 Å². The summed E-state index contributed by atoms with van der Waals surface area (Å²) in [5.74, 6) is 1.06. The van der Waals surface area contributed by atoms with Crippen LogP contribution in [-0.4, -0.2) is 23.6 Å². The molecule has 6 heteroatoms. The first-order valence-electron chi connectivity index (χ1n) is 7.92. The van der Waals surface area contributed by atoms with Gasteiger partial charge in [0, 0.05) is 24.5 Å². The van der Waals surface area contributed by atoms with Crippen molar-refractivity contribution in [3.05, 3.63) is 65.1 Å². The molecule has 1 aliphatic heterocycles. The molecule has 1 N–H and O–H groups in total. The van der Waals surface area contributed by atoms with Crippen LogP contribution in [0.1, 0.15) is 5.56 Å². The van der Waals surface area contributed by atoms with Gasteiger partial charge >= 0.3 is 0 Å². The number of thiophene rings is 1. The number of hydrogen-bond acceptors (Lipinski definition) is 5. The minimum atomic E-state index is -0.650. The Hall–Kier alpha value is -2.86. The fraction of sp³-hybridized carbons (Fsp3) is 0.158. The van der Waals surface area contributed by atoms with E-state index in [9.17, 15) is 4.79 Å². The summed E-state index contributed by atoms with van der Waals surface area (Å²) in [6, 6.07) is 11.4. The van der Waals surface area contributed by atoms with Crippen LogP contribution in [0.2, 0.25) is 0 Å². The van der Waals surface area contributed by atoms with Gasteiger partial charge in [0.15, 0.2) is 11.5 Å². The highest BCUT2D eigenvalue weighted by molar-refractivity contribution is 7.08. The summed E-state index contributed by atoms with van der Waals surface area (Å²) in [4.78, 5) is 16.6. The van der Waals surface area contributed by atoms with Crippen molar-refractivity contribution in [3.63, 3.8) is 0 Å². The standard InChI is InChI=1S/C19H16N2O3S/c22-19(18-11-23-16-3-1-2-4-17(16)24-18)21-9-13-7-15(10-20-8-13)14-5-6-25-12-14/h1-8,10,12,18H,9,11H2,(H,21,22)/t18-/m1/s1. The third-order valence-electron chi connectivity index (χ3n) is 3.92. The molecule has 0 saturated heterocycles. The molecule has 0 saturated carbocycles. The van der Waals surface area contributed by atoms with Crippen LogP contribution in [0.4, 0.5) is 0 Å². The van der Waals surface area contributed by atoms with E-state index in [1.54, 1.807) is 23.6 Å². The van der Waals surface area contributed by atoms with Crippen LogP contribution in [-0.2, 0) is 11.3 Å². The smallest absolute Gasteiger partial charge is 0.264 e. The van der Waals surface area contributed by atoms with Gasteiger partial charge in [0.1, 0.15) is 6.61 Å². The number of para-hydroxylation sites is 2. The summed E-state index contributed by atoms with van der Waals surface area (Å²) in [5, 5.41) is 6.99. The first kappa shape index (κ1) is 15.7. The van der Waals surface area contributed by atoms with Gasteiger partial charge in [-0.1, -0.05) is 12.1 Å². The molecular formula is C19H16N2O3S. The van der Waals surface area contributed by atoms with Crippen molar-refractivity contribution < 1.29 is 14.3 Å². The second-order valence-electron chi connectivity index (χ2n) is 5.68. The first-order chi connectivity index (χ1) is 12.3. The highest BCUT2D eigenvalue weighted by Crippen LogP contribution is 2.30. The van der Waals surface area contributed by atoms with Crippen LogP contribution in [0.5, 0.6) is 11.5 Å². The second-order valence-corrected chi connectivity index (χ2v) is 6.46. The molecular weight excluding hydrogens is 336 g/mol. The van der Waals surface area contributed by atoms with E-state index in [4.69, 9.17) is 9.47 Å². The first-order valence-corrected chi connectivity index (χ1v) is 8.86. The molecule has 126 valence electrons. The lowest BCUT2D eigenvalue weighted by Crippen LogP contribution is -2.43. The topological polar surface area (TPSA) is 60.5 Å². The Kier molecular flexibility index (Phi) is 4.35. The zero-order valence-corrected chi connectivity index (χ0v) is 14.2. The van der Waals surface area contributed by atoms with E-state index >= 15 is 0 Å². The monoisotopic (exact) mass is 352 g/mol. The normalized spacial score (nSPS) is 15.6. The van der Waals surface area contributed by atoms with E-state index in [0.29, 0.717) is 18.0 Å². The lowest BCUT2D eigenvalue weighted by molar-refractivity contribution is -0.130. The number of ether oxygens (including phenoxy) is 2. The van der Waals surface area contributed by atoms with Gasteiger partial charge in [-0.3, -0.25) is 9.78 Å². The molecule has 3 aromatic rings. The number of nitrogens with one attached hydrogen (secondary N) is 1. The Bertz CT molecular complexity index is 880. The molecule has 1 aliphatic rings. The summed E-state index contributed by atoms with van der Waals surface area (Å²) < 4.78 is 11.3. The van der Waals surface area contributed by atoms with E-state index in [0.717, 1.165) is 16.7 Å². The summed E-state index contributed by atoms with van der Waals surface area (Å²) in [5.41, 5.74) is 3.11. The molecule has 3 heterocycles. The van der Waals surface area contributed by atoms with Crippen molar-refractivity contribution in [1.29, 1.82) is 0 Å². The molecule has 5 nitrogen and oxygen atoms in total. The summed E-state index contributed by atoms with van der Waals surface area (Å²) in [6.45, 7) is 0.599. The Morgan fingerprint density at radius 3 is 2.92 bits per heavy atom. The fourth-order valence-corrected chi connectivity index (χ4v) is 3.29. The van der Waals surface area contributed by atoms with Crippen LogP contribution in [0.3, 0.4) is 0 Å². The molecule has 0 radical (unpaired) electrons.